The van der Waals surface area contributed by atoms with Gasteiger partial charge >= 0.3 is 5.97 Å². The number of nitrogens with zero attached hydrogens (tertiary/aromatic N) is 2. The Morgan fingerprint density at radius 2 is 1.52 bits per heavy atom. The molecule has 4 heteroatoms. The normalized spacial score (nSPS) is 12.2. The highest BCUT2D eigenvalue weighted by Gasteiger charge is 2.04. The number of benzene rings is 1. The minimum Gasteiger partial charge on any atom is -0.462 e. The lowest BCUT2D eigenvalue weighted by molar-refractivity contribution is -0.138. The molecule has 2 aromatic rings. The average Bonchev–Trinajstić information content (AvgIpc) is 2.85. The summed E-state index contributed by atoms with van der Waals surface area (Å²) in [7, 11) is 0. The minimum atomic E-state index is -0.301. The maximum absolute atomic E-state index is 11.8. The second-order valence-corrected chi connectivity index (χ2v) is 9.09. The van der Waals surface area contributed by atoms with Crippen LogP contribution < -0.4 is 0 Å². The second kappa shape index (κ2) is 16.2. The SMILES string of the molecule is CCCCCCCCCCCc1cnc(-c2ccc(C=CC(=O)OCC(C)CC)cc2)nc1. The summed E-state index contributed by atoms with van der Waals surface area (Å²) in [6, 6.07) is 7.90. The number of carbonyl (C=O) groups excluding carboxylic acids is 1. The topological polar surface area (TPSA) is 52.1 Å². The molecule has 1 atom stereocenters. The molecule has 1 unspecified atom stereocenters. The van der Waals surface area contributed by atoms with E-state index in [-0.39, 0.29) is 5.97 Å². The van der Waals surface area contributed by atoms with Crippen LogP contribution in [0.1, 0.15) is 96.1 Å². The standard InChI is InChI=1S/C29H42N2O2/c1-4-6-7-8-9-10-11-12-13-14-26-21-30-29(31-22-26)27-18-15-25(16-19-27)17-20-28(32)33-23-24(3)5-2/h15-22,24H,4-14,23H2,1-3H3. The summed E-state index contributed by atoms with van der Waals surface area (Å²) in [5.74, 6) is 0.817. The molecule has 1 aromatic heterocycles. The van der Waals surface area contributed by atoms with Gasteiger partial charge in [-0.25, -0.2) is 14.8 Å². The Morgan fingerprint density at radius 1 is 0.909 bits per heavy atom. The monoisotopic (exact) mass is 450 g/mol. The predicted molar refractivity (Wildman–Crippen MR) is 138 cm³/mol. The van der Waals surface area contributed by atoms with Crippen LogP contribution in [0.25, 0.3) is 17.5 Å². The summed E-state index contributed by atoms with van der Waals surface area (Å²) in [4.78, 5) is 20.9. The highest BCUT2D eigenvalue weighted by atomic mass is 16.5. The zero-order valence-electron chi connectivity index (χ0n) is 20.9. The van der Waals surface area contributed by atoms with Gasteiger partial charge in [0.1, 0.15) is 0 Å². The van der Waals surface area contributed by atoms with Crippen molar-refractivity contribution in [2.45, 2.75) is 91.4 Å². The van der Waals surface area contributed by atoms with Crippen LogP contribution in [-0.4, -0.2) is 22.5 Å². The smallest absolute Gasteiger partial charge is 0.330 e. The van der Waals surface area contributed by atoms with Gasteiger partial charge in [-0.1, -0.05) is 103 Å². The first kappa shape index (κ1) is 26.8. The molecular formula is C29H42N2O2. The van der Waals surface area contributed by atoms with E-state index in [2.05, 4.69) is 30.7 Å². The molecular weight excluding hydrogens is 408 g/mol. The molecule has 0 N–H and O–H groups in total. The summed E-state index contributed by atoms with van der Waals surface area (Å²) >= 11 is 0. The summed E-state index contributed by atoms with van der Waals surface area (Å²) in [6.07, 6.45) is 21.3. The van der Waals surface area contributed by atoms with Gasteiger partial charge < -0.3 is 4.74 Å². The van der Waals surface area contributed by atoms with E-state index in [1.165, 1.54) is 69.4 Å². The fraction of sp³-hybridized carbons (Fsp3) is 0.552. The number of hydrogen-bond acceptors (Lipinski definition) is 4. The molecule has 0 aliphatic heterocycles. The molecule has 4 nitrogen and oxygen atoms in total. The molecule has 1 heterocycles. The Morgan fingerprint density at radius 3 is 2.12 bits per heavy atom. The summed E-state index contributed by atoms with van der Waals surface area (Å²) in [5.41, 5.74) is 3.12. The molecule has 1 aromatic carbocycles. The summed E-state index contributed by atoms with van der Waals surface area (Å²) in [6.45, 7) is 6.89. The Labute approximate surface area is 200 Å². The number of aromatic nitrogens is 2. The third kappa shape index (κ3) is 11.3. The van der Waals surface area contributed by atoms with E-state index >= 15 is 0 Å². The molecule has 2 rings (SSSR count). The van der Waals surface area contributed by atoms with Crippen molar-refractivity contribution in [2.75, 3.05) is 6.61 Å². The van der Waals surface area contributed by atoms with Crippen molar-refractivity contribution in [3.05, 3.63) is 53.9 Å². The molecule has 0 aliphatic rings. The maximum Gasteiger partial charge on any atom is 0.330 e. The van der Waals surface area contributed by atoms with Gasteiger partial charge in [0, 0.05) is 24.0 Å². The van der Waals surface area contributed by atoms with Gasteiger partial charge in [-0.15, -0.1) is 0 Å². The van der Waals surface area contributed by atoms with E-state index in [0.717, 1.165) is 29.8 Å². The largest absolute Gasteiger partial charge is 0.462 e. The lowest BCUT2D eigenvalue weighted by atomic mass is 10.1. The van der Waals surface area contributed by atoms with E-state index < -0.39 is 0 Å². The Hall–Kier alpha value is -2.49. The zero-order chi connectivity index (χ0) is 23.7. The highest BCUT2D eigenvalue weighted by Crippen LogP contribution is 2.17. The van der Waals surface area contributed by atoms with Gasteiger partial charge in [-0.3, -0.25) is 0 Å². The van der Waals surface area contributed by atoms with E-state index in [1.807, 2.05) is 36.7 Å². The average molecular weight is 451 g/mol. The number of rotatable bonds is 16. The van der Waals surface area contributed by atoms with Crippen molar-refractivity contribution in [3.63, 3.8) is 0 Å². The Balaban J connectivity index is 1.71. The highest BCUT2D eigenvalue weighted by molar-refractivity contribution is 5.87. The van der Waals surface area contributed by atoms with Crippen molar-refractivity contribution in [2.24, 2.45) is 5.92 Å². The van der Waals surface area contributed by atoms with Crippen LogP contribution in [0.15, 0.2) is 42.7 Å². The molecule has 0 fully saturated rings. The number of ether oxygens (including phenoxy) is 1. The van der Waals surface area contributed by atoms with Crippen LogP contribution >= 0.6 is 0 Å². The first-order valence-electron chi connectivity index (χ1n) is 12.9. The zero-order valence-corrected chi connectivity index (χ0v) is 20.9. The molecule has 0 aliphatic carbocycles. The van der Waals surface area contributed by atoms with Crippen LogP contribution in [0, 0.1) is 5.92 Å². The van der Waals surface area contributed by atoms with Crippen molar-refractivity contribution in [1.29, 1.82) is 0 Å². The lowest BCUT2D eigenvalue weighted by Gasteiger charge is -2.07. The van der Waals surface area contributed by atoms with Crippen LogP contribution in [0.5, 0.6) is 0 Å². The fourth-order valence-electron chi connectivity index (χ4n) is 3.57. The maximum atomic E-state index is 11.8. The van der Waals surface area contributed by atoms with E-state index in [1.54, 1.807) is 6.08 Å². The van der Waals surface area contributed by atoms with Crippen molar-refractivity contribution >= 4 is 12.0 Å². The van der Waals surface area contributed by atoms with Gasteiger partial charge in [0.15, 0.2) is 5.82 Å². The predicted octanol–water partition coefficient (Wildman–Crippen LogP) is 7.82. The van der Waals surface area contributed by atoms with Gasteiger partial charge in [0.25, 0.3) is 0 Å². The molecule has 0 spiro atoms. The minimum absolute atomic E-state index is 0.301. The molecule has 0 saturated carbocycles. The van der Waals surface area contributed by atoms with Crippen LogP contribution in [-0.2, 0) is 16.0 Å². The molecule has 0 bridgehead atoms. The van der Waals surface area contributed by atoms with Crippen molar-refractivity contribution in [3.8, 4) is 11.4 Å². The number of unbranched alkanes of at least 4 members (excludes halogenated alkanes) is 8. The van der Waals surface area contributed by atoms with E-state index in [9.17, 15) is 4.79 Å². The van der Waals surface area contributed by atoms with Crippen LogP contribution in [0.4, 0.5) is 0 Å². The van der Waals surface area contributed by atoms with E-state index in [0.29, 0.717) is 12.5 Å². The fourth-order valence-corrected chi connectivity index (χ4v) is 3.57. The molecule has 180 valence electrons. The Kier molecular flexibility index (Phi) is 13.1. The Bertz CT molecular complexity index is 813. The number of carbonyl (C=O) groups is 1. The number of aryl methyl sites for hydroxylation is 1. The van der Waals surface area contributed by atoms with Gasteiger partial charge in [-0.2, -0.15) is 0 Å². The summed E-state index contributed by atoms with van der Waals surface area (Å²) < 4.78 is 5.24. The second-order valence-electron chi connectivity index (χ2n) is 9.09. The lowest BCUT2D eigenvalue weighted by Crippen LogP contribution is -2.08. The molecule has 0 saturated heterocycles. The number of hydrogen-bond donors (Lipinski definition) is 0. The summed E-state index contributed by atoms with van der Waals surface area (Å²) in [5, 5.41) is 0. The van der Waals surface area contributed by atoms with Gasteiger partial charge in [-0.05, 0) is 36.0 Å². The van der Waals surface area contributed by atoms with E-state index in [4.69, 9.17) is 4.74 Å². The molecule has 33 heavy (non-hydrogen) atoms. The van der Waals surface area contributed by atoms with Gasteiger partial charge in [0.05, 0.1) is 6.61 Å². The third-order valence-corrected chi connectivity index (χ3v) is 6.06. The van der Waals surface area contributed by atoms with Crippen LogP contribution in [0.3, 0.4) is 0 Å². The number of esters is 1. The third-order valence-electron chi connectivity index (χ3n) is 6.06. The first-order valence-corrected chi connectivity index (χ1v) is 12.9. The van der Waals surface area contributed by atoms with Crippen molar-refractivity contribution < 1.29 is 9.53 Å². The van der Waals surface area contributed by atoms with Crippen molar-refractivity contribution in [1.82, 2.24) is 9.97 Å². The molecule has 0 radical (unpaired) electrons. The molecule has 0 amide bonds. The first-order chi connectivity index (χ1) is 16.1. The quantitative estimate of drug-likeness (QED) is 0.149. The van der Waals surface area contributed by atoms with Gasteiger partial charge in [0.2, 0.25) is 0 Å². The van der Waals surface area contributed by atoms with Crippen LogP contribution in [0.2, 0.25) is 0 Å².